The second-order valence-electron chi connectivity index (χ2n) is 4.43. The Hall–Kier alpha value is -1.06. The molecular formula is C14H23NO2. The minimum atomic E-state index is 0.267. The molecule has 0 fully saturated rings. The lowest BCUT2D eigenvalue weighted by molar-refractivity contribution is 0.274. The molecular weight excluding hydrogens is 214 g/mol. The van der Waals surface area contributed by atoms with E-state index in [1.54, 1.807) is 7.11 Å². The van der Waals surface area contributed by atoms with Crippen molar-refractivity contribution in [2.24, 2.45) is 0 Å². The molecule has 0 radical (unpaired) electrons. The summed E-state index contributed by atoms with van der Waals surface area (Å²) in [6, 6.07) is 8.84. The Morgan fingerprint density at radius 1 is 1.24 bits per heavy atom. The van der Waals surface area contributed by atoms with Gasteiger partial charge in [0.15, 0.2) is 0 Å². The van der Waals surface area contributed by atoms with Crippen LogP contribution in [0.15, 0.2) is 24.3 Å². The number of benzene rings is 1. The van der Waals surface area contributed by atoms with Crippen LogP contribution in [0.25, 0.3) is 0 Å². The van der Waals surface area contributed by atoms with Gasteiger partial charge in [-0.25, -0.2) is 0 Å². The van der Waals surface area contributed by atoms with Crippen molar-refractivity contribution in [3.8, 4) is 5.75 Å². The Labute approximate surface area is 104 Å². The highest BCUT2D eigenvalue weighted by atomic mass is 16.5. The fourth-order valence-corrected chi connectivity index (χ4v) is 1.90. The van der Waals surface area contributed by atoms with Crippen molar-refractivity contribution >= 4 is 0 Å². The molecule has 0 aliphatic carbocycles. The molecule has 3 heteroatoms. The molecule has 1 aromatic rings. The number of rotatable bonds is 7. The number of hydrogen-bond donors (Lipinski definition) is 2. The van der Waals surface area contributed by atoms with Crippen LogP contribution in [0.4, 0.5) is 0 Å². The van der Waals surface area contributed by atoms with Crippen LogP contribution in [0, 0.1) is 0 Å². The van der Waals surface area contributed by atoms with E-state index in [1.165, 1.54) is 5.56 Å². The van der Waals surface area contributed by atoms with Gasteiger partial charge in [0.2, 0.25) is 0 Å². The molecule has 2 atom stereocenters. The normalized spacial score (nSPS) is 14.4. The molecule has 0 aliphatic rings. The third kappa shape index (κ3) is 4.75. The first-order valence-corrected chi connectivity index (χ1v) is 6.18. The zero-order chi connectivity index (χ0) is 12.7. The van der Waals surface area contributed by atoms with Gasteiger partial charge in [-0.3, -0.25) is 0 Å². The van der Waals surface area contributed by atoms with Gasteiger partial charge in [0.05, 0.1) is 7.11 Å². The lowest BCUT2D eigenvalue weighted by atomic mass is 10.1. The van der Waals surface area contributed by atoms with E-state index in [9.17, 15) is 0 Å². The first kappa shape index (κ1) is 14.0. The maximum Gasteiger partial charge on any atom is 0.118 e. The summed E-state index contributed by atoms with van der Waals surface area (Å²) in [4.78, 5) is 0. The molecule has 96 valence electrons. The van der Waals surface area contributed by atoms with E-state index in [0.717, 1.165) is 18.6 Å². The lowest BCUT2D eigenvalue weighted by Gasteiger charge is -2.20. The van der Waals surface area contributed by atoms with Gasteiger partial charge in [-0.1, -0.05) is 12.1 Å². The van der Waals surface area contributed by atoms with E-state index in [-0.39, 0.29) is 6.61 Å². The largest absolute Gasteiger partial charge is 0.497 e. The van der Waals surface area contributed by atoms with Crippen molar-refractivity contribution < 1.29 is 9.84 Å². The number of ether oxygens (including phenoxy) is 1. The summed E-state index contributed by atoms with van der Waals surface area (Å²) in [5.74, 6) is 0.884. The van der Waals surface area contributed by atoms with Crippen LogP contribution in [0.1, 0.15) is 38.3 Å². The Kier molecular flexibility index (Phi) is 6.01. The van der Waals surface area contributed by atoms with E-state index in [4.69, 9.17) is 9.84 Å². The van der Waals surface area contributed by atoms with E-state index < -0.39 is 0 Å². The van der Waals surface area contributed by atoms with Gasteiger partial charge in [0, 0.05) is 18.7 Å². The summed E-state index contributed by atoms with van der Waals surface area (Å²) in [6.07, 6.45) is 1.85. The molecule has 1 aromatic carbocycles. The van der Waals surface area contributed by atoms with Crippen LogP contribution in [0.3, 0.4) is 0 Å². The second-order valence-corrected chi connectivity index (χ2v) is 4.43. The molecule has 0 aliphatic heterocycles. The number of methoxy groups -OCH3 is 1. The highest BCUT2D eigenvalue weighted by Gasteiger charge is 2.09. The maximum absolute atomic E-state index is 8.78. The van der Waals surface area contributed by atoms with Crippen molar-refractivity contribution in [2.45, 2.75) is 38.8 Å². The standard InChI is InChI=1S/C14H23NO2/c1-11(5-4-10-16)15-12(2)13-6-8-14(17-3)9-7-13/h6-9,11-12,15-16H,4-5,10H2,1-3H3. The number of aliphatic hydroxyl groups excluding tert-OH is 1. The molecule has 1 rings (SSSR count). The molecule has 0 heterocycles. The van der Waals surface area contributed by atoms with E-state index >= 15 is 0 Å². The smallest absolute Gasteiger partial charge is 0.118 e. The summed E-state index contributed by atoms with van der Waals surface area (Å²) in [6.45, 7) is 4.57. The van der Waals surface area contributed by atoms with Crippen LogP contribution < -0.4 is 10.1 Å². The molecule has 2 N–H and O–H groups in total. The van der Waals surface area contributed by atoms with Gasteiger partial charge in [0.1, 0.15) is 5.75 Å². The van der Waals surface area contributed by atoms with Crippen molar-refractivity contribution in [1.82, 2.24) is 5.32 Å². The molecule has 17 heavy (non-hydrogen) atoms. The SMILES string of the molecule is COc1ccc(C(C)NC(C)CCCO)cc1. The summed E-state index contributed by atoms with van der Waals surface area (Å²) in [7, 11) is 1.67. The molecule has 0 bridgehead atoms. The average molecular weight is 237 g/mol. The predicted octanol–water partition coefficient (Wildman–Crippen LogP) is 2.51. The molecule has 0 aromatic heterocycles. The summed E-state index contributed by atoms with van der Waals surface area (Å²) in [5.41, 5.74) is 1.25. The van der Waals surface area contributed by atoms with Crippen LogP contribution in [0.5, 0.6) is 5.75 Å². The van der Waals surface area contributed by atoms with Gasteiger partial charge in [-0.05, 0) is 44.4 Å². The van der Waals surface area contributed by atoms with Crippen molar-refractivity contribution in [3.05, 3.63) is 29.8 Å². The van der Waals surface area contributed by atoms with Crippen molar-refractivity contribution in [2.75, 3.05) is 13.7 Å². The summed E-state index contributed by atoms with van der Waals surface area (Å²) < 4.78 is 5.13. The zero-order valence-electron chi connectivity index (χ0n) is 10.9. The number of aliphatic hydroxyl groups is 1. The summed E-state index contributed by atoms with van der Waals surface area (Å²) in [5, 5.41) is 12.3. The zero-order valence-corrected chi connectivity index (χ0v) is 10.9. The quantitative estimate of drug-likeness (QED) is 0.765. The average Bonchev–Trinajstić information content (AvgIpc) is 2.36. The lowest BCUT2D eigenvalue weighted by Crippen LogP contribution is -2.29. The topological polar surface area (TPSA) is 41.5 Å². The number of hydrogen-bond acceptors (Lipinski definition) is 3. The fraction of sp³-hybridized carbons (Fsp3) is 0.571. The molecule has 0 saturated heterocycles. The van der Waals surface area contributed by atoms with Crippen LogP contribution in [-0.4, -0.2) is 24.9 Å². The van der Waals surface area contributed by atoms with Crippen molar-refractivity contribution in [3.63, 3.8) is 0 Å². The predicted molar refractivity (Wildman–Crippen MR) is 70.3 cm³/mol. The Morgan fingerprint density at radius 2 is 1.88 bits per heavy atom. The van der Waals surface area contributed by atoms with E-state index in [2.05, 4.69) is 31.3 Å². The molecule has 0 amide bonds. The molecule has 2 unspecified atom stereocenters. The fourth-order valence-electron chi connectivity index (χ4n) is 1.90. The van der Waals surface area contributed by atoms with E-state index in [0.29, 0.717) is 12.1 Å². The minimum Gasteiger partial charge on any atom is -0.497 e. The third-order valence-corrected chi connectivity index (χ3v) is 2.95. The van der Waals surface area contributed by atoms with Gasteiger partial charge in [0.25, 0.3) is 0 Å². The van der Waals surface area contributed by atoms with Gasteiger partial charge < -0.3 is 15.2 Å². The highest BCUT2D eigenvalue weighted by Crippen LogP contribution is 2.18. The van der Waals surface area contributed by atoms with Gasteiger partial charge >= 0.3 is 0 Å². The Balaban J connectivity index is 2.47. The summed E-state index contributed by atoms with van der Waals surface area (Å²) >= 11 is 0. The number of nitrogens with one attached hydrogen (secondary N) is 1. The molecule has 0 saturated carbocycles. The Morgan fingerprint density at radius 3 is 2.41 bits per heavy atom. The first-order chi connectivity index (χ1) is 8.17. The Bertz CT molecular complexity index is 311. The van der Waals surface area contributed by atoms with Gasteiger partial charge in [-0.2, -0.15) is 0 Å². The molecule has 3 nitrogen and oxygen atoms in total. The molecule has 0 spiro atoms. The maximum atomic E-state index is 8.78. The third-order valence-electron chi connectivity index (χ3n) is 2.95. The van der Waals surface area contributed by atoms with Crippen LogP contribution in [-0.2, 0) is 0 Å². The van der Waals surface area contributed by atoms with Crippen LogP contribution in [0.2, 0.25) is 0 Å². The van der Waals surface area contributed by atoms with Crippen molar-refractivity contribution in [1.29, 1.82) is 0 Å². The van der Waals surface area contributed by atoms with E-state index in [1.807, 2.05) is 12.1 Å². The van der Waals surface area contributed by atoms with Gasteiger partial charge in [-0.15, -0.1) is 0 Å². The second kappa shape index (κ2) is 7.30. The minimum absolute atomic E-state index is 0.267. The highest BCUT2D eigenvalue weighted by molar-refractivity contribution is 5.28. The van der Waals surface area contributed by atoms with Crippen LogP contribution >= 0.6 is 0 Å². The first-order valence-electron chi connectivity index (χ1n) is 6.18. The monoisotopic (exact) mass is 237 g/mol.